The van der Waals surface area contributed by atoms with Crippen molar-refractivity contribution in [2.45, 2.75) is 19.3 Å². The van der Waals surface area contributed by atoms with Crippen LogP contribution >= 0.6 is 0 Å². The minimum Gasteiger partial charge on any atom is -0.307 e. The molecular weight excluding hydrogens is 192 g/mol. The van der Waals surface area contributed by atoms with Crippen molar-refractivity contribution in [1.82, 2.24) is 15.0 Å². The van der Waals surface area contributed by atoms with Crippen LogP contribution in [0.1, 0.15) is 19.3 Å². The van der Waals surface area contributed by atoms with Gasteiger partial charge in [0, 0.05) is 13.1 Å². The van der Waals surface area contributed by atoms with Gasteiger partial charge in [-0.25, -0.2) is 15.8 Å². The number of hydrogen-bond acceptors (Lipinski definition) is 6. The summed E-state index contributed by atoms with van der Waals surface area (Å²) < 4.78 is 0. The standard InChI is InChI=1S/C9H16N6/c10-13-8-6-11-7-9(12-8)14-15-4-2-1-3-5-15/h6-7H,1-5,10H2,(H2,12,13,14). The lowest BCUT2D eigenvalue weighted by Crippen LogP contribution is -2.35. The van der Waals surface area contributed by atoms with E-state index >= 15 is 0 Å². The van der Waals surface area contributed by atoms with Crippen LogP contribution in [0, 0.1) is 0 Å². The highest BCUT2D eigenvalue weighted by Crippen LogP contribution is 2.11. The van der Waals surface area contributed by atoms with Crippen molar-refractivity contribution >= 4 is 11.6 Å². The van der Waals surface area contributed by atoms with E-state index in [4.69, 9.17) is 5.84 Å². The Kier molecular flexibility index (Phi) is 3.31. The number of hydrazine groups is 2. The lowest BCUT2D eigenvalue weighted by Gasteiger charge is -2.27. The van der Waals surface area contributed by atoms with Gasteiger partial charge < -0.3 is 10.9 Å². The Morgan fingerprint density at radius 2 is 1.87 bits per heavy atom. The fourth-order valence-electron chi connectivity index (χ4n) is 1.66. The number of nitrogens with zero attached hydrogens (tertiary/aromatic N) is 3. The summed E-state index contributed by atoms with van der Waals surface area (Å²) in [5, 5.41) is 2.16. The Balaban J connectivity index is 1.96. The average Bonchev–Trinajstić information content (AvgIpc) is 2.31. The van der Waals surface area contributed by atoms with Gasteiger partial charge in [-0.2, -0.15) is 0 Å². The van der Waals surface area contributed by atoms with Crippen LogP contribution < -0.4 is 16.7 Å². The molecule has 2 heterocycles. The van der Waals surface area contributed by atoms with Crippen LogP contribution in [-0.2, 0) is 0 Å². The molecule has 6 heteroatoms. The second-order valence-corrected chi connectivity index (χ2v) is 3.59. The van der Waals surface area contributed by atoms with E-state index < -0.39 is 0 Å². The van der Waals surface area contributed by atoms with Gasteiger partial charge >= 0.3 is 0 Å². The summed E-state index contributed by atoms with van der Waals surface area (Å²) in [6, 6.07) is 0. The lowest BCUT2D eigenvalue weighted by molar-refractivity contribution is 0.272. The highest BCUT2D eigenvalue weighted by Gasteiger charge is 2.10. The van der Waals surface area contributed by atoms with Crippen LogP contribution in [0.15, 0.2) is 12.4 Å². The first-order valence-corrected chi connectivity index (χ1v) is 5.19. The van der Waals surface area contributed by atoms with E-state index in [1.54, 1.807) is 12.4 Å². The first kappa shape index (κ1) is 10.1. The summed E-state index contributed by atoms with van der Waals surface area (Å²) in [5.74, 6) is 6.55. The van der Waals surface area contributed by atoms with E-state index in [0.29, 0.717) is 5.82 Å². The molecule has 0 spiro atoms. The smallest absolute Gasteiger partial charge is 0.161 e. The maximum Gasteiger partial charge on any atom is 0.161 e. The summed E-state index contributed by atoms with van der Waals surface area (Å²) in [4.78, 5) is 8.26. The molecule has 0 saturated carbocycles. The van der Waals surface area contributed by atoms with Crippen LogP contribution in [0.2, 0.25) is 0 Å². The normalized spacial score (nSPS) is 17.4. The molecule has 0 atom stereocenters. The monoisotopic (exact) mass is 208 g/mol. The fourth-order valence-corrected chi connectivity index (χ4v) is 1.66. The maximum absolute atomic E-state index is 5.26. The Bertz CT molecular complexity index is 309. The molecule has 0 unspecified atom stereocenters. The number of anilines is 2. The van der Waals surface area contributed by atoms with Crippen molar-refractivity contribution in [2.24, 2.45) is 5.84 Å². The molecule has 1 aromatic rings. The van der Waals surface area contributed by atoms with Crippen LogP contribution in [0.25, 0.3) is 0 Å². The zero-order valence-corrected chi connectivity index (χ0v) is 8.61. The van der Waals surface area contributed by atoms with Gasteiger partial charge in [0.1, 0.15) is 0 Å². The van der Waals surface area contributed by atoms with Crippen LogP contribution in [0.4, 0.5) is 11.6 Å². The molecule has 1 aromatic heterocycles. The van der Waals surface area contributed by atoms with Crippen molar-refractivity contribution in [3.63, 3.8) is 0 Å². The SMILES string of the molecule is NNc1cncc(NN2CCCCC2)n1. The number of rotatable bonds is 3. The van der Waals surface area contributed by atoms with Gasteiger partial charge in [-0.05, 0) is 12.8 Å². The number of hydrogen-bond donors (Lipinski definition) is 3. The van der Waals surface area contributed by atoms with Crippen molar-refractivity contribution in [3.05, 3.63) is 12.4 Å². The predicted molar refractivity (Wildman–Crippen MR) is 58.9 cm³/mol. The van der Waals surface area contributed by atoms with Gasteiger partial charge in [0.2, 0.25) is 0 Å². The van der Waals surface area contributed by atoms with E-state index in [1.807, 2.05) is 0 Å². The van der Waals surface area contributed by atoms with E-state index in [2.05, 4.69) is 25.8 Å². The van der Waals surface area contributed by atoms with Crippen molar-refractivity contribution < 1.29 is 0 Å². The second-order valence-electron chi connectivity index (χ2n) is 3.59. The molecule has 1 saturated heterocycles. The first-order chi connectivity index (χ1) is 7.38. The molecule has 0 amide bonds. The van der Waals surface area contributed by atoms with Crippen LogP contribution in [-0.4, -0.2) is 28.1 Å². The summed E-state index contributed by atoms with van der Waals surface area (Å²) in [6.45, 7) is 2.12. The molecule has 82 valence electrons. The number of piperidine rings is 1. The fraction of sp³-hybridized carbons (Fsp3) is 0.556. The Morgan fingerprint density at radius 1 is 1.13 bits per heavy atom. The molecule has 0 radical (unpaired) electrons. The summed E-state index contributed by atoms with van der Waals surface area (Å²) in [6.07, 6.45) is 7.05. The molecule has 0 aliphatic carbocycles. The summed E-state index contributed by atoms with van der Waals surface area (Å²) >= 11 is 0. The van der Waals surface area contributed by atoms with Crippen molar-refractivity contribution in [2.75, 3.05) is 23.9 Å². The van der Waals surface area contributed by atoms with Gasteiger partial charge in [0.15, 0.2) is 11.6 Å². The first-order valence-electron chi connectivity index (χ1n) is 5.19. The van der Waals surface area contributed by atoms with E-state index in [0.717, 1.165) is 18.9 Å². The minimum absolute atomic E-state index is 0.567. The van der Waals surface area contributed by atoms with Crippen LogP contribution in [0.5, 0.6) is 0 Å². The predicted octanol–water partition coefficient (Wildman–Crippen LogP) is 0.575. The quantitative estimate of drug-likeness (QED) is 0.498. The Hall–Kier alpha value is -1.40. The highest BCUT2D eigenvalue weighted by molar-refractivity contribution is 5.39. The number of nitrogens with two attached hydrogens (primary N) is 1. The van der Waals surface area contributed by atoms with Gasteiger partial charge in [-0.1, -0.05) is 6.42 Å². The molecule has 0 bridgehead atoms. The van der Waals surface area contributed by atoms with E-state index in [1.165, 1.54) is 19.3 Å². The van der Waals surface area contributed by atoms with Crippen LogP contribution in [0.3, 0.4) is 0 Å². The van der Waals surface area contributed by atoms with Gasteiger partial charge in [0.05, 0.1) is 12.4 Å². The number of aromatic nitrogens is 2. The minimum atomic E-state index is 0.567. The molecule has 6 nitrogen and oxygen atoms in total. The van der Waals surface area contributed by atoms with Crippen molar-refractivity contribution in [3.8, 4) is 0 Å². The largest absolute Gasteiger partial charge is 0.307 e. The second kappa shape index (κ2) is 4.90. The van der Waals surface area contributed by atoms with E-state index in [9.17, 15) is 0 Å². The summed E-state index contributed by atoms with van der Waals surface area (Å²) in [7, 11) is 0. The molecular formula is C9H16N6. The third-order valence-corrected chi connectivity index (χ3v) is 2.41. The molecule has 1 fully saturated rings. The van der Waals surface area contributed by atoms with Gasteiger partial charge in [0.25, 0.3) is 0 Å². The van der Waals surface area contributed by atoms with Gasteiger partial charge in [-0.15, -0.1) is 0 Å². The molecule has 1 aliphatic rings. The van der Waals surface area contributed by atoms with Gasteiger partial charge in [-0.3, -0.25) is 4.98 Å². The zero-order chi connectivity index (χ0) is 10.5. The zero-order valence-electron chi connectivity index (χ0n) is 8.61. The van der Waals surface area contributed by atoms with Crippen molar-refractivity contribution in [1.29, 1.82) is 0 Å². The maximum atomic E-state index is 5.26. The Labute approximate surface area is 88.8 Å². The molecule has 2 rings (SSSR count). The number of nitrogens with one attached hydrogen (secondary N) is 2. The third-order valence-electron chi connectivity index (χ3n) is 2.41. The average molecular weight is 208 g/mol. The summed E-state index contributed by atoms with van der Waals surface area (Å²) in [5.41, 5.74) is 5.69. The molecule has 0 aromatic carbocycles. The third kappa shape index (κ3) is 2.77. The number of nitrogen functional groups attached to an aromatic ring is 1. The van der Waals surface area contributed by atoms with E-state index in [-0.39, 0.29) is 0 Å². The highest BCUT2D eigenvalue weighted by atomic mass is 15.5. The molecule has 15 heavy (non-hydrogen) atoms. The molecule has 1 aliphatic heterocycles. The topological polar surface area (TPSA) is 79.1 Å². The lowest BCUT2D eigenvalue weighted by atomic mass is 10.2. The Morgan fingerprint density at radius 3 is 2.60 bits per heavy atom. The molecule has 4 N–H and O–H groups in total.